The fraction of sp³-hybridized carbons (Fsp3) is 0.235. The summed E-state index contributed by atoms with van der Waals surface area (Å²) in [6.45, 7) is 2.57. The van der Waals surface area contributed by atoms with Gasteiger partial charge in [0.1, 0.15) is 0 Å². The first-order valence-corrected chi connectivity index (χ1v) is 7.88. The molecule has 0 aromatic carbocycles. The predicted molar refractivity (Wildman–Crippen MR) is 87.5 cm³/mol. The Hall–Kier alpha value is -2.40. The molecule has 4 rings (SSSR count). The Kier molecular flexibility index (Phi) is 3.31. The number of pyridine rings is 2. The molecule has 116 valence electrons. The molecule has 1 aliphatic rings. The lowest BCUT2D eigenvalue weighted by molar-refractivity contribution is 0.0648. The van der Waals surface area contributed by atoms with Crippen molar-refractivity contribution in [2.75, 3.05) is 0 Å². The van der Waals surface area contributed by atoms with E-state index in [1.807, 2.05) is 17.0 Å². The summed E-state index contributed by atoms with van der Waals surface area (Å²) in [5, 5.41) is 4.95. The maximum absolute atomic E-state index is 12.9. The second-order valence-corrected chi connectivity index (χ2v) is 6.28. The van der Waals surface area contributed by atoms with Crippen molar-refractivity contribution in [1.29, 1.82) is 0 Å². The number of fused-ring (bicyclic) bond motifs is 2. The van der Waals surface area contributed by atoms with Gasteiger partial charge in [-0.25, -0.2) is 4.52 Å². The molecular weight excluding hydrogens is 312 g/mol. The highest BCUT2D eigenvalue weighted by Gasteiger charge is 2.29. The summed E-state index contributed by atoms with van der Waals surface area (Å²) < 4.78 is 1.64. The predicted octanol–water partition coefficient (Wildman–Crippen LogP) is 2.97. The molecule has 3 aromatic heterocycles. The summed E-state index contributed by atoms with van der Waals surface area (Å²) in [7, 11) is 0. The van der Waals surface area contributed by atoms with Gasteiger partial charge in [-0.15, -0.1) is 0 Å². The minimum Gasteiger partial charge on any atom is -0.328 e. The van der Waals surface area contributed by atoms with Gasteiger partial charge in [0.05, 0.1) is 22.8 Å². The number of amides is 1. The Balaban J connectivity index is 1.68. The normalized spacial score (nSPS) is 17.3. The van der Waals surface area contributed by atoms with Gasteiger partial charge >= 0.3 is 0 Å². The number of hydrogen-bond donors (Lipinski definition) is 0. The summed E-state index contributed by atoms with van der Waals surface area (Å²) in [6.07, 6.45) is 4.28. The van der Waals surface area contributed by atoms with Gasteiger partial charge in [0.25, 0.3) is 5.91 Å². The zero-order valence-electron chi connectivity index (χ0n) is 12.6. The van der Waals surface area contributed by atoms with Gasteiger partial charge in [0, 0.05) is 18.4 Å². The van der Waals surface area contributed by atoms with Crippen molar-refractivity contribution in [3.63, 3.8) is 0 Å². The van der Waals surface area contributed by atoms with E-state index in [9.17, 15) is 4.79 Å². The van der Waals surface area contributed by atoms with Crippen LogP contribution in [0.15, 0.2) is 42.7 Å². The first-order chi connectivity index (χ1) is 11.1. The van der Waals surface area contributed by atoms with Gasteiger partial charge in [0.2, 0.25) is 0 Å². The van der Waals surface area contributed by atoms with Crippen LogP contribution in [0.2, 0.25) is 5.02 Å². The summed E-state index contributed by atoms with van der Waals surface area (Å²) in [6, 6.07) is 9.56. The molecule has 0 radical (unpaired) electrons. The van der Waals surface area contributed by atoms with Gasteiger partial charge < -0.3 is 4.90 Å². The van der Waals surface area contributed by atoms with E-state index in [1.54, 1.807) is 29.0 Å². The molecule has 6 heteroatoms. The molecule has 5 nitrogen and oxygen atoms in total. The minimum atomic E-state index is -0.0753. The first-order valence-electron chi connectivity index (χ1n) is 7.50. The lowest BCUT2D eigenvalue weighted by Crippen LogP contribution is -2.43. The van der Waals surface area contributed by atoms with Crippen LogP contribution in [0.1, 0.15) is 28.7 Å². The molecule has 23 heavy (non-hydrogen) atoms. The van der Waals surface area contributed by atoms with Gasteiger partial charge in [-0.1, -0.05) is 17.7 Å². The number of rotatable bonds is 1. The van der Waals surface area contributed by atoms with Crippen molar-refractivity contribution in [2.45, 2.75) is 25.9 Å². The van der Waals surface area contributed by atoms with Crippen LogP contribution in [0.25, 0.3) is 5.52 Å². The number of carbonyl (C=O) groups is 1. The summed E-state index contributed by atoms with van der Waals surface area (Å²) in [5.74, 6) is -0.0753. The first kappa shape index (κ1) is 14.2. The third kappa shape index (κ3) is 2.47. The molecule has 0 saturated heterocycles. The number of halogens is 1. The third-order valence-corrected chi connectivity index (χ3v) is 4.48. The molecule has 1 amide bonds. The third-order valence-electron chi connectivity index (χ3n) is 4.26. The topological polar surface area (TPSA) is 50.5 Å². The Morgan fingerprint density at radius 2 is 2.22 bits per heavy atom. The van der Waals surface area contributed by atoms with Crippen molar-refractivity contribution in [3.8, 4) is 0 Å². The maximum atomic E-state index is 12.9. The molecular formula is C17H15ClN4O. The maximum Gasteiger partial charge on any atom is 0.274 e. The molecule has 1 atom stereocenters. The van der Waals surface area contributed by atoms with Crippen molar-refractivity contribution in [1.82, 2.24) is 19.5 Å². The summed E-state index contributed by atoms with van der Waals surface area (Å²) in [4.78, 5) is 19.1. The van der Waals surface area contributed by atoms with E-state index < -0.39 is 0 Å². The molecule has 1 unspecified atom stereocenters. The van der Waals surface area contributed by atoms with Crippen LogP contribution in [0.5, 0.6) is 0 Å². The van der Waals surface area contributed by atoms with Crippen LogP contribution in [0.4, 0.5) is 0 Å². The fourth-order valence-electron chi connectivity index (χ4n) is 3.03. The summed E-state index contributed by atoms with van der Waals surface area (Å²) in [5.41, 5.74) is 3.45. The van der Waals surface area contributed by atoms with E-state index in [2.05, 4.69) is 23.1 Å². The number of hydrogen-bond acceptors (Lipinski definition) is 3. The van der Waals surface area contributed by atoms with Crippen LogP contribution in [0, 0.1) is 0 Å². The Labute approximate surface area is 138 Å². The Bertz CT molecular complexity index is 904. The van der Waals surface area contributed by atoms with Crippen molar-refractivity contribution < 1.29 is 4.79 Å². The molecule has 0 saturated carbocycles. The Morgan fingerprint density at radius 3 is 3.09 bits per heavy atom. The molecule has 1 aliphatic heterocycles. The fourth-order valence-corrected chi connectivity index (χ4v) is 3.19. The van der Waals surface area contributed by atoms with Crippen molar-refractivity contribution in [3.05, 3.63) is 64.7 Å². The quantitative estimate of drug-likeness (QED) is 0.691. The summed E-state index contributed by atoms with van der Waals surface area (Å²) >= 11 is 5.97. The van der Waals surface area contributed by atoms with Crippen LogP contribution >= 0.6 is 11.6 Å². The number of nitrogens with zero attached hydrogens (tertiary/aromatic N) is 4. The molecule has 0 bridgehead atoms. The highest BCUT2D eigenvalue weighted by molar-refractivity contribution is 6.30. The zero-order valence-corrected chi connectivity index (χ0v) is 13.4. The lowest BCUT2D eigenvalue weighted by atomic mass is 9.98. The molecule has 0 N–H and O–H groups in total. The standard InChI is InChI=1S/C17H15ClN4O/c1-11-7-12-3-2-6-19-16(12)10-21(11)17(23)15-8-14-5-4-13(18)9-22(14)20-15/h2-6,8-9,11H,7,10H2,1H3. The number of carbonyl (C=O) groups excluding carboxylic acids is 1. The van der Waals surface area contributed by atoms with Crippen molar-refractivity contribution in [2.24, 2.45) is 0 Å². The average molecular weight is 327 g/mol. The van der Waals surface area contributed by atoms with Crippen LogP contribution < -0.4 is 0 Å². The highest BCUT2D eigenvalue weighted by atomic mass is 35.5. The SMILES string of the molecule is CC1Cc2cccnc2CN1C(=O)c1cc2ccc(Cl)cn2n1. The van der Waals surface area contributed by atoms with Gasteiger partial charge in [-0.05, 0) is 43.2 Å². The van der Waals surface area contributed by atoms with E-state index in [0.717, 1.165) is 17.6 Å². The van der Waals surface area contributed by atoms with Crippen LogP contribution in [-0.4, -0.2) is 31.4 Å². The van der Waals surface area contributed by atoms with Gasteiger partial charge in [-0.2, -0.15) is 5.10 Å². The second kappa shape index (κ2) is 5.35. The zero-order chi connectivity index (χ0) is 16.0. The Morgan fingerprint density at radius 1 is 1.35 bits per heavy atom. The van der Waals surface area contributed by atoms with E-state index in [4.69, 9.17) is 11.6 Å². The van der Waals surface area contributed by atoms with E-state index in [0.29, 0.717) is 17.3 Å². The molecule has 0 spiro atoms. The second-order valence-electron chi connectivity index (χ2n) is 5.84. The average Bonchev–Trinajstić information content (AvgIpc) is 2.96. The van der Waals surface area contributed by atoms with Crippen LogP contribution in [0.3, 0.4) is 0 Å². The van der Waals surface area contributed by atoms with E-state index >= 15 is 0 Å². The molecule has 3 aromatic rings. The molecule has 4 heterocycles. The molecule has 0 aliphatic carbocycles. The van der Waals surface area contributed by atoms with Gasteiger partial charge in [0.15, 0.2) is 5.69 Å². The van der Waals surface area contributed by atoms with Gasteiger partial charge in [-0.3, -0.25) is 9.78 Å². The van der Waals surface area contributed by atoms with Crippen molar-refractivity contribution >= 4 is 23.0 Å². The highest BCUT2D eigenvalue weighted by Crippen LogP contribution is 2.23. The number of aromatic nitrogens is 3. The largest absolute Gasteiger partial charge is 0.328 e. The minimum absolute atomic E-state index is 0.0753. The smallest absolute Gasteiger partial charge is 0.274 e. The van der Waals surface area contributed by atoms with E-state index in [-0.39, 0.29) is 11.9 Å². The lowest BCUT2D eigenvalue weighted by Gasteiger charge is -2.33. The van der Waals surface area contributed by atoms with Crippen LogP contribution in [-0.2, 0) is 13.0 Å². The van der Waals surface area contributed by atoms with E-state index in [1.165, 1.54) is 5.56 Å². The molecule has 0 fully saturated rings. The monoisotopic (exact) mass is 326 g/mol.